The Kier molecular flexibility index (Phi) is 4.49. The van der Waals surface area contributed by atoms with E-state index in [9.17, 15) is 9.59 Å². The molecule has 0 bridgehead atoms. The van der Waals surface area contributed by atoms with Crippen LogP contribution in [0.2, 0.25) is 0 Å². The number of hydrogen-bond acceptors (Lipinski definition) is 3. The highest BCUT2D eigenvalue weighted by molar-refractivity contribution is 5.78. The molecule has 0 aromatic carbocycles. The molecule has 1 saturated heterocycles. The minimum atomic E-state index is -0.801. The van der Waals surface area contributed by atoms with Crippen LogP contribution in [0.15, 0.2) is 24.5 Å². The quantitative estimate of drug-likeness (QED) is 0.888. The molecule has 0 saturated carbocycles. The van der Waals surface area contributed by atoms with Gasteiger partial charge in [-0.2, -0.15) is 0 Å². The van der Waals surface area contributed by atoms with Crippen molar-refractivity contribution in [1.29, 1.82) is 0 Å². The summed E-state index contributed by atoms with van der Waals surface area (Å²) in [5, 5.41) is 9.00. The molecule has 1 atom stereocenters. The van der Waals surface area contributed by atoms with Crippen LogP contribution in [-0.4, -0.2) is 40.0 Å². The summed E-state index contributed by atoms with van der Waals surface area (Å²) in [6.07, 6.45) is 5.97. The number of rotatable bonds is 4. The van der Waals surface area contributed by atoms with Gasteiger partial charge in [-0.1, -0.05) is 6.07 Å². The van der Waals surface area contributed by atoms with Crippen LogP contribution >= 0.6 is 0 Å². The maximum atomic E-state index is 12.1. The van der Waals surface area contributed by atoms with Gasteiger partial charge in [-0.05, 0) is 30.9 Å². The van der Waals surface area contributed by atoms with Crippen molar-refractivity contribution in [2.24, 2.45) is 5.92 Å². The molecule has 5 heteroatoms. The van der Waals surface area contributed by atoms with E-state index in [1.165, 1.54) is 0 Å². The first-order chi connectivity index (χ1) is 9.16. The van der Waals surface area contributed by atoms with Gasteiger partial charge in [0.25, 0.3) is 0 Å². The number of likely N-dealkylation sites (tertiary alicyclic amines) is 1. The molecule has 1 N–H and O–H groups in total. The van der Waals surface area contributed by atoms with Gasteiger partial charge >= 0.3 is 5.97 Å². The molecule has 0 radical (unpaired) electrons. The van der Waals surface area contributed by atoms with Crippen LogP contribution in [0.5, 0.6) is 0 Å². The number of amides is 1. The first-order valence-corrected chi connectivity index (χ1v) is 6.56. The summed E-state index contributed by atoms with van der Waals surface area (Å²) in [4.78, 5) is 28.7. The van der Waals surface area contributed by atoms with E-state index in [4.69, 9.17) is 5.11 Å². The summed E-state index contributed by atoms with van der Waals surface area (Å²) in [6.45, 7) is 1.02. The number of aryl methyl sites for hydroxylation is 1. The monoisotopic (exact) mass is 262 g/mol. The third-order valence-electron chi connectivity index (χ3n) is 3.47. The molecule has 0 spiro atoms. The molecule has 1 aliphatic rings. The smallest absolute Gasteiger partial charge is 0.308 e. The fourth-order valence-electron chi connectivity index (χ4n) is 2.36. The summed E-state index contributed by atoms with van der Waals surface area (Å²) in [6, 6.07) is 3.79. The molecular weight excluding hydrogens is 244 g/mol. The number of aliphatic carboxylic acids is 1. The maximum Gasteiger partial charge on any atom is 0.308 e. The number of hydrogen-bond donors (Lipinski definition) is 1. The van der Waals surface area contributed by atoms with Crippen molar-refractivity contribution in [3.05, 3.63) is 30.1 Å². The van der Waals surface area contributed by atoms with Crippen LogP contribution in [-0.2, 0) is 16.0 Å². The Labute approximate surface area is 112 Å². The van der Waals surface area contributed by atoms with Crippen LogP contribution in [0.4, 0.5) is 0 Å². The third kappa shape index (κ3) is 3.77. The molecule has 0 aliphatic carbocycles. The van der Waals surface area contributed by atoms with E-state index in [0.717, 1.165) is 12.0 Å². The molecular formula is C14H18N2O3. The van der Waals surface area contributed by atoms with Gasteiger partial charge in [0.15, 0.2) is 0 Å². The van der Waals surface area contributed by atoms with E-state index < -0.39 is 11.9 Å². The first kappa shape index (κ1) is 13.5. The average Bonchev–Trinajstić information content (AvgIpc) is 2.46. The topological polar surface area (TPSA) is 70.5 Å². The molecule has 2 heterocycles. The molecule has 1 fully saturated rings. The highest BCUT2D eigenvalue weighted by Gasteiger charge is 2.27. The maximum absolute atomic E-state index is 12.1. The number of pyridine rings is 1. The predicted molar refractivity (Wildman–Crippen MR) is 69.5 cm³/mol. The second kappa shape index (κ2) is 6.31. The Morgan fingerprint density at radius 2 is 2.32 bits per heavy atom. The Balaban J connectivity index is 1.84. The van der Waals surface area contributed by atoms with E-state index in [2.05, 4.69) is 4.98 Å². The number of carbonyl (C=O) groups is 2. The lowest BCUT2D eigenvalue weighted by molar-refractivity contribution is -0.145. The van der Waals surface area contributed by atoms with E-state index in [1.54, 1.807) is 17.3 Å². The molecule has 1 aromatic heterocycles. The van der Waals surface area contributed by atoms with Crippen LogP contribution in [0, 0.1) is 5.92 Å². The zero-order valence-electron chi connectivity index (χ0n) is 10.8. The average molecular weight is 262 g/mol. The fraction of sp³-hybridized carbons (Fsp3) is 0.500. The number of aromatic nitrogens is 1. The van der Waals surface area contributed by atoms with Crippen molar-refractivity contribution in [3.8, 4) is 0 Å². The number of nitrogens with zero attached hydrogens (tertiary/aromatic N) is 2. The van der Waals surface area contributed by atoms with Crippen molar-refractivity contribution in [2.75, 3.05) is 13.1 Å². The van der Waals surface area contributed by atoms with Crippen molar-refractivity contribution < 1.29 is 14.7 Å². The molecule has 1 aliphatic heterocycles. The Bertz CT molecular complexity index is 447. The van der Waals surface area contributed by atoms with Gasteiger partial charge < -0.3 is 10.0 Å². The van der Waals surface area contributed by atoms with Crippen molar-refractivity contribution >= 4 is 11.9 Å². The van der Waals surface area contributed by atoms with Crippen LogP contribution in [0.25, 0.3) is 0 Å². The summed E-state index contributed by atoms with van der Waals surface area (Å²) in [7, 11) is 0. The lowest BCUT2D eigenvalue weighted by atomic mass is 9.98. The Hall–Kier alpha value is -1.91. The molecule has 5 nitrogen and oxygen atoms in total. The highest BCUT2D eigenvalue weighted by atomic mass is 16.4. The van der Waals surface area contributed by atoms with Gasteiger partial charge in [-0.25, -0.2) is 0 Å². The Morgan fingerprint density at radius 3 is 3.00 bits per heavy atom. The summed E-state index contributed by atoms with van der Waals surface area (Å²) in [5.41, 5.74) is 1.03. The molecule has 19 heavy (non-hydrogen) atoms. The largest absolute Gasteiger partial charge is 0.481 e. The number of carboxylic acids is 1. The summed E-state index contributed by atoms with van der Waals surface area (Å²) >= 11 is 0. The van der Waals surface area contributed by atoms with Gasteiger partial charge in [0.2, 0.25) is 5.91 Å². The number of carbonyl (C=O) groups excluding carboxylic acids is 1. The van der Waals surface area contributed by atoms with Crippen LogP contribution < -0.4 is 0 Å². The Morgan fingerprint density at radius 1 is 1.47 bits per heavy atom. The van der Waals surface area contributed by atoms with Crippen LogP contribution in [0.3, 0.4) is 0 Å². The third-order valence-corrected chi connectivity index (χ3v) is 3.47. The number of carboxylic acid groups (broad SMARTS) is 1. The molecule has 1 aromatic rings. The second-order valence-corrected chi connectivity index (χ2v) is 4.88. The SMILES string of the molecule is O=C(O)C1CCCN(C(=O)CCc2cccnc2)C1. The highest BCUT2D eigenvalue weighted by Crippen LogP contribution is 2.17. The van der Waals surface area contributed by atoms with Gasteiger partial charge in [0.1, 0.15) is 0 Å². The fourth-order valence-corrected chi connectivity index (χ4v) is 2.36. The molecule has 1 amide bonds. The van der Waals surface area contributed by atoms with Gasteiger partial charge in [0.05, 0.1) is 5.92 Å². The van der Waals surface area contributed by atoms with E-state index >= 15 is 0 Å². The lowest BCUT2D eigenvalue weighted by Crippen LogP contribution is -2.42. The number of piperidine rings is 1. The predicted octanol–water partition coefficient (Wildman–Crippen LogP) is 1.34. The first-order valence-electron chi connectivity index (χ1n) is 6.56. The second-order valence-electron chi connectivity index (χ2n) is 4.88. The minimum Gasteiger partial charge on any atom is -0.481 e. The normalized spacial score (nSPS) is 19.2. The van der Waals surface area contributed by atoms with Crippen molar-refractivity contribution in [1.82, 2.24) is 9.88 Å². The molecule has 2 rings (SSSR count). The molecule has 102 valence electrons. The van der Waals surface area contributed by atoms with Crippen molar-refractivity contribution in [2.45, 2.75) is 25.7 Å². The van der Waals surface area contributed by atoms with Crippen molar-refractivity contribution in [3.63, 3.8) is 0 Å². The van der Waals surface area contributed by atoms with E-state index in [1.807, 2.05) is 12.1 Å². The van der Waals surface area contributed by atoms with E-state index in [0.29, 0.717) is 32.4 Å². The van der Waals surface area contributed by atoms with Crippen LogP contribution in [0.1, 0.15) is 24.8 Å². The molecule has 1 unspecified atom stereocenters. The van der Waals surface area contributed by atoms with Gasteiger partial charge in [-0.15, -0.1) is 0 Å². The summed E-state index contributed by atoms with van der Waals surface area (Å²) in [5.74, 6) is -1.17. The zero-order chi connectivity index (χ0) is 13.7. The minimum absolute atomic E-state index is 0.0369. The standard InChI is InChI=1S/C14H18N2O3/c17-13(6-5-11-3-1-7-15-9-11)16-8-2-4-12(10-16)14(18)19/h1,3,7,9,12H,2,4-6,8,10H2,(H,18,19). The van der Waals surface area contributed by atoms with Gasteiger partial charge in [0, 0.05) is 31.9 Å². The lowest BCUT2D eigenvalue weighted by Gasteiger charge is -2.30. The summed E-state index contributed by atoms with van der Waals surface area (Å²) < 4.78 is 0. The van der Waals surface area contributed by atoms with Gasteiger partial charge in [-0.3, -0.25) is 14.6 Å². The van der Waals surface area contributed by atoms with E-state index in [-0.39, 0.29) is 5.91 Å². The zero-order valence-corrected chi connectivity index (χ0v) is 10.8.